The van der Waals surface area contributed by atoms with E-state index in [0.717, 1.165) is 68.4 Å². The van der Waals surface area contributed by atoms with Crippen molar-refractivity contribution < 1.29 is 24.1 Å². The summed E-state index contributed by atoms with van der Waals surface area (Å²) in [5, 5.41) is 8.75. The van der Waals surface area contributed by atoms with Gasteiger partial charge in [-0.05, 0) is 67.5 Å². The van der Waals surface area contributed by atoms with Crippen LogP contribution in [0.2, 0.25) is 0 Å². The topological polar surface area (TPSA) is 65.0 Å². The highest BCUT2D eigenvalue weighted by Crippen LogP contribution is 2.25. The van der Waals surface area contributed by atoms with E-state index in [4.69, 9.17) is 19.3 Å². The highest BCUT2D eigenvalue weighted by atomic mass is 16.7. The second-order valence-corrected chi connectivity index (χ2v) is 7.29. The maximum atomic E-state index is 12.1. The van der Waals surface area contributed by atoms with Gasteiger partial charge in [0.2, 0.25) is 0 Å². The molecule has 3 rings (SSSR count). The first-order valence-electron chi connectivity index (χ1n) is 10.5. The lowest BCUT2D eigenvalue weighted by atomic mass is 10.0. The summed E-state index contributed by atoms with van der Waals surface area (Å²) in [4.78, 5) is 12.1. The Morgan fingerprint density at radius 2 is 1.62 bits per heavy atom. The smallest absolute Gasteiger partial charge is 0.338 e. The van der Waals surface area contributed by atoms with Crippen LogP contribution in [0.5, 0.6) is 5.75 Å². The van der Waals surface area contributed by atoms with E-state index >= 15 is 0 Å². The quantitative estimate of drug-likeness (QED) is 0.452. The van der Waals surface area contributed by atoms with E-state index < -0.39 is 0 Å². The third kappa shape index (κ3) is 6.87. The van der Waals surface area contributed by atoms with Crippen LogP contribution in [0.3, 0.4) is 0 Å². The van der Waals surface area contributed by atoms with Crippen molar-refractivity contribution >= 4 is 5.97 Å². The molecule has 156 valence electrons. The molecule has 0 bridgehead atoms. The molecule has 2 aromatic rings. The third-order valence-corrected chi connectivity index (χ3v) is 5.00. The van der Waals surface area contributed by atoms with Crippen LogP contribution in [0, 0.1) is 0 Å². The molecule has 5 nitrogen and oxygen atoms in total. The minimum absolute atomic E-state index is 0.144. The van der Waals surface area contributed by atoms with Crippen LogP contribution in [0.4, 0.5) is 0 Å². The van der Waals surface area contributed by atoms with Gasteiger partial charge < -0.3 is 19.3 Å². The number of unbranched alkanes of at least 4 members (excludes halogenated alkanes) is 3. The zero-order chi connectivity index (χ0) is 20.3. The van der Waals surface area contributed by atoms with Crippen molar-refractivity contribution in [3.63, 3.8) is 0 Å². The number of esters is 1. The van der Waals surface area contributed by atoms with E-state index in [9.17, 15) is 4.79 Å². The molecule has 5 heteroatoms. The van der Waals surface area contributed by atoms with E-state index in [1.54, 1.807) is 12.1 Å². The number of carbonyl (C=O) groups is 1. The van der Waals surface area contributed by atoms with Gasteiger partial charge in [0.05, 0.1) is 18.8 Å². The fraction of sp³-hybridized carbons (Fsp3) is 0.458. The number of carbonyl (C=O) groups excluding carboxylic acids is 1. The molecule has 1 unspecified atom stereocenters. The predicted molar refractivity (Wildman–Crippen MR) is 112 cm³/mol. The minimum atomic E-state index is -0.296. The highest BCUT2D eigenvalue weighted by Gasteiger charge is 2.15. The Morgan fingerprint density at radius 1 is 0.931 bits per heavy atom. The Bertz CT molecular complexity index is 733. The van der Waals surface area contributed by atoms with E-state index in [1.165, 1.54) is 0 Å². The van der Waals surface area contributed by atoms with Crippen LogP contribution in [0.25, 0.3) is 11.1 Å². The molecule has 1 atom stereocenters. The molecule has 1 saturated heterocycles. The van der Waals surface area contributed by atoms with Gasteiger partial charge in [0.1, 0.15) is 5.75 Å². The Morgan fingerprint density at radius 3 is 2.28 bits per heavy atom. The van der Waals surface area contributed by atoms with E-state index in [0.29, 0.717) is 12.2 Å². The van der Waals surface area contributed by atoms with Crippen molar-refractivity contribution in [1.82, 2.24) is 0 Å². The fourth-order valence-corrected chi connectivity index (χ4v) is 3.30. The lowest BCUT2D eigenvalue weighted by Crippen LogP contribution is -2.24. The maximum absolute atomic E-state index is 12.1. The molecule has 29 heavy (non-hydrogen) atoms. The Balaban J connectivity index is 1.48. The predicted octanol–water partition coefficient (Wildman–Crippen LogP) is 4.97. The Hall–Kier alpha value is -2.37. The molecule has 0 radical (unpaired) electrons. The van der Waals surface area contributed by atoms with Crippen molar-refractivity contribution in [2.45, 2.75) is 51.2 Å². The number of aliphatic hydroxyl groups excluding tert-OH is 1. The minimum Gasteiger partial charge on any atom is -0.465 e. The fourth-order valence-electron chi connectivity index (χ4n) is 3.30. The summed E-state index contributed by atoms with van der Waals surface area (Å²) in [6.07, 6.45) is 6.58. The Labute approximate surface area is 172 Å². The van der Waals surface area contributed by atoms with Crippen LogP contribution >= 0.6 is 0 Å². The molecule has 0 aliphatic carbocycles. The van der Waals surface area contributed by atoms with Gasteiger partial charge in [0.25, 0.3) is 0 Å². The van der Waals surface area contributed by atoms with Crippen molar-refractivity contribution in [2.24, 2.45) is 0 Å². The number of aliphatic hydroxyl groups is 1. The van der Waals surface area contributed by atoms with Crippen LogP contribution in [-0.2, 0) is 9.47 Å². The summed E-state index contributed by atoms with van der Waals surface area (Å²) < 4.78 is 16.8. The van der Waals surface area contributed by atoms with Crippen molar-refractivity contribution in [1.29, 1.82) is 0 Å². The maximum Gasteiger partial charge on any atom is 0.338 e. The monoisotopic (exact) mass is 398 g/mol. The van der Waals surface area contributed by atoms with Gasteiger partial charge in [0.15, 0.2) is 6.29 Å². The molecule has 1 fully saturated rings. The van der Waals surface area contributed by atoms with Gasteiger partial charge in [0, 0.05) is 13.0 Å². The number of ether oxygens (including phenoxy) is 3. The van der Waals surface area contributed by atoms with Gasteiger partial charge in [-0.25, -0.2) is 4.79 Å². The zero-order valence-electron chi connectivity index (χ0n) is 16.8. The molecule has 1 heterocycles. The molecule has 1 N–H and O–H groups in total. The Kier molecular flexibility index (Phi) is 8.53. The normalized spacial score (nSPS) is 16.4. The molecule has 0 saturated carbocycles. The molecule has 2 aromatic carbocycles. The molecule has 0 aromatic heterocycles. The summed E-state index contributed by atoms with van der Waals surface area (Å²) in [6.45, 7) is 1.40. The lowest BCUT2D eigenvalue weighted by Gasteiger charge is -2.23. The first-order chi connectivity index (χ1) is 14.3. The standard InChI is InChI=1S/C24H30O5/c25-16-4-1-2-5-18-28-24(26)21-10-8-19(9-11-21)20-12-14-22(15-13-20)29-23-7-3-6-17-27-23/h8-15,23,25H,1-7,16-18H2. The largest absolute Gasteiger partial charge is 0.465 e. The van der Waals surface area contributed by atoms with Gasteiger partial charge in [-0.3, -0.25) is 0 Å². The van der Waals surface area contributed by atoms with E-state index in [1.807, 2.05) is 36.4 Å². The second kappa shape index (κ2) is 11.6. The first-order valence-corrected chi connectivity index (χ1v) is 10.5. The molecular weight excluding hydrogens is 368 g/mol. The molecule has 0 amide bonds. The van der Waals surface area contributed by atoms with Crippen LogP contribution < -0.4 is 4.74 Å². The summed E-state index contributed by atoms with van der Waals surface area (Å²) in [5.41, 5.74) is 2.65. The van der Waals surface area contributed by atoms with Crippen LogP contribution in [0.1, 0.15) is 55.3 Å². The summed E-state index contributed by atoms with van der Waals surface area (Å²) in [7, 11) is 0. The average molecular weight is 398 g/mol. The summed E-state index contributed by atoms with van der Waals surface area (Å²) in [5.74, 6) is 0.509. The SMILES string of the molecule is O=C(OCCCCCCO)c1ccc(-c2ccc(OC3CCCCO3)cc2)cc1. The summed E-state index contributed by atoms with van der Waals surface area (Å²) >= 11 is 0. The van der Waals surface area contributed by atoms with E-state index in [-0.39, 0.29) is 18.9 Å². The second-order valence-electron chi connectivity index (χ2n) is 7.29. The molecule has 1 aliphatic rings. The van der Waals surface area contributed by atoms with Crippen LogP contribution in [-0.4, -0.2) is 37.2 Å². The van der Waals surface area contributed by atoms with Gasteiger partial charge in [-0.15, -0.1) is 0 Å². The number of hydrogen-bond acceptors (Lipinski definition) is 5. The van der Waals surface area contributed by atoms with Gasteiger partial charge in [-0.1, -0.05) is 30.7 Å². The number of hydrogen-bond donors (Lipinski definition) is 1. The van der Waals surface area contributed by atoms with Crippen molar-refractivity contribution in [3.05, 3.63) is 54.1 Å². The summed E-state index contributed by atoms with van der Waals surface area (Å²) in [6, 6.07) is 15.4. The third-order valence-electron chi connectivity index (χ3n) is 5.00. The number of benzene rings is 2. The lowest BCUT2D eigenvalue weighted by molar-refractivity contribution is -0.105. The van der Waals surface area contributed by atoms with Gasteiger partial charge in [-0.2, -0.15) is 0 Å². The molecule has 0 spiro atoms. The number of rotatable bonds is 10. The van der Waals surface area contributed by atoms with Gasteiger partial charge >= 0.3 is 5.97 Å². The average Bonchev–Trinajstić information content (AvgIpc) is 2.77. The van der Waals surface area contributed by atoms with Crippen molar-refractivity contribution in [2.75, 3.05) is 19.8 Å². The van der Waals surface area contributed by atoms with Crippen molar-refractivity contribution in [3.8, 4) is 16.9 Å². The molecular formula is C24H30O5. The van der Waals surface area contributed by atoms with E-state index in [2.05, 4.69) is 0 Å². The highest BCUT2D eigenvalue weighted by molar-refractivity contribution is 5.90. The first kappa shape index (κ1) is 21.3. The molecule has 1 aliphatic heterocycles. The van der Waals surface area contributed by atoms with Crippen LogP contribution in [0.15, 0.2) is 48.5 Å². The zero-order valence-corrected chi connectivity index (χ0v) is 16.8.